The topological polar surface area (TPSA) is 54.8 Å². The normalized spacial score (nSPS) is 11.3. The molecular formula is C21H24F3N3O3. The van der Waals surface area contributed by atoms with Crippen molar-refractivity contribution in [1.29, 1.82) is 0 Å². The number of rotatable bonds is 8. The molecule has 30 heavy (non-hydrogen) atoms. The van der Waals surface area contributed by atoms with Gasteiger partial charge in [0.2, 0.25) is 0 Å². The Hall–Kier alpha value is -3.23. The molecular weight excluding hydrogens is 399 g/mol. The van der Waals surface area contributed by atoms with E-state index in [4.69, 9.17) is 4.74 Å². The molecule has 1 aromatic carbocycles. The molecule has 0 saturated heterocycles. The molecule has 0 unspecified atom stereocenters. The molecule has 0 aliphatic rings. The third-order valence-corrected chi connectivity index (χ3v) is 4.57. The smallest absolute Gasteiger partial charge is 0.461 e. The summed E-state index contributed by atoms with van der Waals surface area (Å²) in [5.41, 5.74) is 1.27. The predicted molar refractivity (Wildman–Crippen MR) is 111 cm³/mol. The number of aryl methyl sites for hydroxylation is 1. The van der Waals surface area contributed by atoms with E-state index < -0.39 is 18.1 Å². The number of anilines is 2. The summed E-state index contributed by atoms with van der Waals surface area (Å²) < 4.78 is 45.9. The number of hydrogen-bond acceptors (Lipinski definition) is 4. The van der Waals surface area contributed by atoms with Crippen LogP contribution in [0.25, 0.3) is 10.9 Å². The van der Waals surface area contributed by atoms with Gasteiger partial charge in [0.25, 0.3) is 0 Å². The number of esters is 1. The Balaban J connectivity index is 2.76. The van der Waals surface area contributed by atoms with Gasteiger partial charge in [-0.3, -0.25) is 4.79 Å². The summed E-state index contributed by atoms with van der Waals surface area (Å²) in [5, 5.41) is 0.498. The van der Waals surface area contributed by atoms with Crippen LogP contribution >= 0.6 is 0 Å². The molecule has 1 heterocycles. The fraction of sp³-hybridized carbons (Fsp3) is 0.333. The van der Waals surface area contributed by atoms with Crippen LogP contribution in [0.1, 0.15) is 17.4 Å². The van der Waals surface area contributed by atoms with E-state index in [-0.39, 0.29) is 18.0 Å². The zero-order chi connectivity index (χ0) is 22.6. The van der Waals surface area contributed by atoms with Gasteiger partial charge in [0.1, 0.15) is 5.69 Å². The Labute approximate surface area is 172 Å². The van der Waals surface area contributed by atoms with Crippen molar-refractivity contribution in [2.24, 2.45) is 7.05 Å². The number of ether oxygens (including phenoxy) is 1. The first-order valence-corrected chi connectivity index (χ1v) is 9.19. The molecule has 0 N–H and O–H groups in total. The van der Waals surface area contributed by atoms with Crippen molar-refractivity contribution in [3.05, 3.63) is 49.2 Å². The van der Waals surface area contributed by atoms with Gasteiger partial charge in [-0.1, -0.05) is 12.2 Å². The second-order valence-electron chi connectivity index (χ2n) is 6.55. The minimum Gasteiger partial charge on any atom is -0.461 e. The molecule has 0 aliphatic heterocycles. The molecule has 6 nitrogen and oxygen atoms in total. The summed E-state index contributed by atoms with van der Waals surface area (Å²) in [5.74, 6) is -2.55. The van der Waals surface area contributed by atoms with E-state index in [1.807, 2.05) is 0 Å². The van der Waals surface area contributed by atoms with Crippen LogP contribution < -0.4 is 9.80 Å². The molecule has 0 bridgehead atoms. The number of carbonyl (C=O) groups is 2. The van der Waals surface area contributed by atoms with Crippen molar-refractivity contribution in [2.45, 2.75) is 13.1 Å². The van der Waals surface area contributed by atoms with Crippen LogP contribution in [-0.2, 0) is 16.6 Å². The second kappa shape index (κ2) is 9.06. The molecule has 162 valence electrons. The van der Waals surface area contributed by atoms with Crippen molar-refractivity contribution in [3.8, 4) is 0 Å². The van der Waals surface area contributed by atoms with Gasteiger partial charge in [0, 0.05) is 32.6 Å². The lowest BCUT2D eigenvalue weighted by molar-refractivity contribution is -0.170. The zero-order valence-corrected chi connectivity index (χ0v) is 17.1. The van der Waals surface area contributed by atoms with Crippen molar-refractivity contribution in [1.82, 2.24) is 4.57 Å². The summed E-state index contributed by atoms with van der Waals surface area (Å²) in [6.07, 6.45) is -1.84. The summed E-state index contributed by atoms with van der Waals surface area (Å²) in [7, 11) is 2.73. The number of carbonyl (C=O) groups excluding carboxylic acids is 2. The molecule has 9 heteroatoms. The van der Waals surface area contributed by atoms with Gasteiger partial charge in [0.05, 0.1) is 23.5 Å². The Bertz CT molecular complexity index is 969. The highest BCUT2D eigenvalue weighted by Gasteiger charge is 2.42. The first-order chi connectivity index (χ1) is 14.1. The van der Waals surface area contributed by atoms with E-state index in [1.165, 1.54) is 12.1 Å². The van der Waals surface area contributed by atoms with Gasteiger partial charge < -0.3 is 19.1 Å². The Kier molecular flexibility index (Phi) is 6.96. The van der Waals surface area contributed by atoms with Crippen LogP contribution in [0.2, 0.25) is 0 Å². The molecule has 2 aromatic rings. The summed E-state index contributed by atoms with van der Waals surface area (Å²) >= 11 is 0. The summed E-state index contributed by atoms with van der Waals surface area (Å²) in [6.45, 7) is 9.85. The van der Waals surface area contributed by atoms with Crippen molar-refractivity contribution in [3.63, 3.8) is 0 Å². The third kappa shape index (κ3) is 4.50. The van der Waals surface area contributed by atoms with Gasteiger partial charge in [-0.25, -0.2) is 4.79 Å². The molecule has 0 aliphatic carbocycles. The second-order valence-corrected chi connectivity index (χ2v) is 6.55. The van der Waals surface area contributed by atoms with E-state index in [2.05, 4.69) is 13.2 Å². The number of halogens is 3. The van der Waals surface area contributed by atoms with Crippen molar-refractivity contribution < 1.29 is 27.5 Å². The summed E-state index contributed by atoms with van der Waals surface area (Å²) in [6, 6.07) is 4.62. The molecule has 0 radical (unpaired) electrons. The zero-order valence-electron chi connectivity index (χ0n) is 17.1. The third-order valence-electron chi connectivity index (χ3n) is 4.57. The Morgan fingerprint density at radius 1 is 1.13 bits per heavy atom. The fourth-order valence-corrected chi connectivity index (χ4v) is 3.17. The molecule has 1 aromatic heterocycles. The minimum absolute atomic E-state index is 0.0505. The SMILES string of the molecule is C=CCN(CC=C)c1cc2c(cc1N(C)C(=O)C(F)(F)F)cc(C(=O)OCC)n2C. The average Bonchev–Trinajstić information content (AvgIpc) is 3.01. The van der Waals surface area contributed by atoms with E-state index in [9.17, 15) is 22.8 Å². The number of fused-ring (bicyclic) bond motifs is 1. The van der Waals surface area contributed by atoms with Crippen molar-refractivity contribution in [2.75, 3.05) is 36.5 Å². The van der Waals surface area contributed by atoms with Crippen LogP contribution in [0.5, 0.6) is 0 Å². The van der Waals surface area contributed by atoms with Crippen LogP contribution in [0, 0.1) is 0 Å². The number of aromatic nitrogens is 1. The maximum Gasteiger partial charge on any atom is 0.471 e. The van der Waals surface area contributed by atoms with E-state index >= 15 is 0 Å². The molecule has 0 saturated carbocycles. The largest absolute Gasteiger partial charge is 0.471 e. The molecule has 0 fully saturated rings. The molecule has 1 amide bonds. The summed E-state index contributed by atoms with van der Waals surface area (Å²) in [4.78, 5) is 26.4. The maximum atomic E-state index is 13.1. The van der Waals surface area contributed by atoms with E-state index in [1.54, 1.807) is 41.7 Å². The lowest BCUT2D eigenvalue weighted by atomic mass is 10.1. The Morgan fingerprint density at radius 2 is 1.73 bits per heavy atom. The number of benzene rings is 1. The quantitative estimate of drug-likeness (QED) is 0.475. The van der Waals surface area contributed by atoms with Gasteiger partial charge >= 0.3 is 18.1 Å². The van der Waals surface area contributed by atoms with Gasteiger partial charge in [-0.05, 0) is 25.1 Å². The van der Waals surface area contributed by atoms with E-state index in [0.29, 0.717) is 34.6 Å². The van der Waals surface area contributed by atoms with Crippen LogP contribution in [0.3, 0.4) is 0 Å². The van der Waals surface area contributed by atoms with Crippen LogP contribution in [-0.4, -0.2) is 49.4 Å². The van der Waals surface area contributed by atoms with Gasteiger partial charge in [-0.15, -0.1) is 13.2 Å². The highest BCUT2D eigenvalue weighted by Crippen LogP contribution is 2.36. The van der Waals surface area contributed by atoms with Gasteiger partial charge in [-0.2, -0.15) is 13.2 Å². The lowest BCUT2D eigenvalue weighted by Gasteiger charge is -2.29. The highest BCUT2D eigenvalue weighted by molar-refractivity contribution is 6.04. The van der Waals surface area contributed by atoms with Gasteiger partial charge in [0.15, 0.2) is 0 Å². The monoisotopic (exact) mass is 423 g/mol. The first-order valence-electron chi connectivity index (χ1n) is 9.19. The maximum absolute atomic E-state index is 13.1. The predicted octanol–water partition coefficient (Wildman–Crippen LogP) is 4.06. The number of hydrogen-bond donors (Lipinski definition) is 0. The lowest BCUT2D eigenvalue weighted by Crippen LogP contribution is -2.39. The van der Waals surface area contributed by atoms with Crippen LogP contribution in [0.15, 0.2) is 43.5 Å². The number of nitrogens with zero attached hydrogens (tertiary/aromatic N) is 3. The fourth-order valence-electron chi connectivity index (χ4n) is 3.17. The average molecular weight is 423 g/mol. The molecule has 2 rings (SSSR count). The minimum atomic E-state index is -5.03. The highest BCUT2D eigenvalue weighted by atomic mass is 19.4. The van der Waals surface area contributed by atoms with Crippen LogP contribution in [0.4, 0.5) is 24.5 Å². The Morgan fingerprint density at radius 3 is 2.23 bits per heavy atom. The standard InChI is InChI=1S/C21H24F3N3O3/c1-6-9-27(10-7-2)17-13-15-14(12-18(25(15)4)19(28)30-8-3)11-16(17)26(5)20(29)21(22,23)24/h6-7,11-13H,1-2,8-10H2,3-5H3. The van der Waals surface area contributed by atoms with E-state index in [0.717, 1.165) is 7.05 Å². The number of amides is 1. The van der Waals surface area contributed by atoms with Crippen molar-refractivity contribution >= 4 is 34.2 Å². The first kappa shape index (κ1) is 23.1. The molecule has 0 spiro atoms. The molecule has 0 atom stereocenters. The number of alkyl halides is 3.